The van der Waals surface area contributed by atoms with E-state index < -0.39 is 0 Å². The number of esters is 1. The summed E-state index contributed by atoms with van der Waals surface area (Å²) in [6.45, 7) is 2.77. The van der Waals surface area contributed by atoms with Gasteiger partial charge in [-0.2, -0.15) is 0 Å². The maximum atomic E-state index is 13.0. The van der Waals surface area contributed by atoms with Crippen molar-refractivity contribution in [3.63, 3.8) is 0 Å². The minimum atomic E-state index is -0.382. The van der Waals surface area contributed by atoms with Crippen LogP contribution in [0.2, 0.25) is 0 Å². The fraction of sp³-hybridized carbons (Fsp3) is 0.333. The number of rotatable bonds is 7. The number of amides is 2. The molecule has 1 atom stereocenters. The van der Waals surface area contributed by atoms with Crippen molar-refractivity contribution in [3.8, 4) is 11.5 Å². The molecule has 1 unspecified atom stereocenters. The second kappa shape index (κ2) is 10.5. The van der Waals surface area contributed by atoms with Gasteiger partial charge in [0, 0.05) is 23.9 Å². The molecule has 1 saturated heterocycles. The van der Waals surface area contributed by atoms with Crippen molar-refractivity contribution in [2.45, 2.75) is 25.8 Å². The molecule has 3 rings (SSSR count). The van der Waals surface area contributed by atoms with Crippen LogP contribution in [0.4, 0.5) is 10.5 Å². The van der Waals surface area contributed by atoms with Crippen LogP contribution in [-0.4, -0.2) is 44.3 Å². The Morgan fingerprint density at radius 3 is 2.58 bits per heavy atom. The van der Waals surface area contributed by atoms with Crippen molar-refractivity contribution in [2.75, 3.05) is 32.7 Å². The maximum Gasteiger partial charge on any atom is 0.330 e. The Bertz CT molecular complexity index is 939. The zero-order valence-corrected chi connectivity index (χ0v) is 18.1. The lowest BCUT2D eigenvalue weighted by molar-refractivity contribution is -0.137. The number of likely N-dealkylation sites (tertiary alicyclic amines) is 1. The van der Waals surface area contributed by atoms with Gasteiger partial charge in [0.05, 0.1) is 26.9 Å². The topological polar surface area (TPSA) is 77.1 Å². The number of ether oxygens (including phenoxy) is 3. The number of carbonyl (C=O) groups is 2. The largest absolute Gasteiger partial charge is 0.497 e. The van der Waals surface area contributed by atoms with Gasteiger partial charge in [0.2, 0.25) is 0 Å². The summed E-state index contributed by atoms with van der Waals surface area (Å²) in [6.07, 6.45) is 4.83. The average molecular weight is 424 g/mol. The highest BCUT2D eigenvalue weighted by molar-refractivity contribution is 5.90. The third-order valence-electron chi connectivity index (χ3n) is 5.17. The average Bonchev–Trinajstić information content (AvgIpc) is 3.28. The monoisotopic (exact) mass is 424 g/mol. The molecule has 2 amide bonds. The molecule has 1 aliphatic rings. The quantitative estimate of drug-likeness (QED) is 0.517. The van der Waals surface area contributed by atoms with Gasteiger partial charge in [-0.25, -0.2) is 9.59 Å². The summed E-state index contributed by atoms with van der Waals surface area (Å²) in [5.74, 6) is 1.09. The molecule has 164 valence electrons. The molecular formula is C24H28N2O5. The van der Waals surface area contributed by atoms with Crippen molar-refractivity contribution < 1.29 is 23.8 Å². The normalized spacial score (nSPS) is 15.7. The Hall–Kier alpha value is -3.48. The smallest absolute Gasteiger partial charge is 0.330 e. The van der Waals surface area contributed by atoms with Crippen LogP contribution in [0.25, 0.3) is 6.08 Å². The summed E-state index contributed by atoms with van der Waals surface area (Å²) in [7, 11) is 3.25. The van der Waals surface area contributed by atoms with Crippen LogP contribution in [0.15, 0.2) is 48.5 Å². The predicted octanol–water partition coefficient (Wildman–Crippen LogP) is 4.65. The van der Waals surface area contributed by atoms with E-state index in [2.05, 4.69) is 5.32 Å². The number of anilines is 1. The number of urea groups is 1. The minimum absolute atomic E-state index is 0.0863. The van der Waals surface area contributed by atoms with Gasteiger partial charge < -0.3 is 24.4 Å². The van der Waals surface area contributed by atoms with E-state index in [0.717, 1.165) is 35.5 Å². The van der Waals surface area contributed by atoms with Gasteiger partial charge in [0.15, 0.2) is 0 Å². The molecule has 1 aliphatic heterocycles. The van der Waals surface area contributed by atoms with Crippen LogP contribution in [0.3, 0.4) is 0 Å². The van der Waals surface area contributed by atoms with E-state index in [0.29, 0.717) is 18.8 Å². The summed E-state index contributed by atoms with van der Waals surface area (Å²) in [6, 6.07) is 12.7. The zero-order chi connectivity index (χ0) is 22.2. The Kier molecular flexibility index (Phi) is 7.54. The van der Waals surface area contributed by atoms with Gasteiger partial charge >= 0.3 is 12.0 Å². The molecule has 0 radical (unpaired) electrons. The predicted molar refractivity (Wildman–Crippen MR) is 119 cm³/mol. The van der Waals surface area contributed by atoms with Gasteiger partial charge in [-0.1, -0.05) is 12.1 Å². The number of nitrogens with one attached hydrogen (secondary N) is 1. The highest BCUT2D eigenvalue weighted by Crippen LogP contribution is 2.39. The first-order valence-electron chi connectivity index (χ1n) is 10.3. The van der Waals surface area contributed by atoms with E-state index in [1.807, 2.05) is 35.2 Å². The summed E-state index contributed by atoms with van der Waals surface area (Å²) >= 11 is 0. The third kappa shape index (κ3) is 5.57. The van der Waals surface area contributed by atoms with E-state index >= 15 is 0 Å². The van der Waals surface area contributed by atoms with E-state index in [4.69, 9.17) is 14.2 Å². The summed E-state index contributed by atoms with van der Waals surface area (Å²) in [5.41, 5.74) is 2.46. The molecule has 0 aliphatic carbocycles. The summed E-state index contributed by atoms with van der Waals surface area (Å²) < 4.78 is 15.7. The van der Waals surface area contributed by atoms with Gasteiger partial charge in [-0.15, -0.1) is 0 Å². The van der Waals surface area contributed by atoms with E-state index in [9.17, 15) is 9.59 Å². The van der Waals surface area contributed by atoms with E-state index in [-0.39, 0.29) is 18.0 Å². The van der Waals surface area contributed by atoms with Crippen LogP contribution in [0, 0.1) is 0 Å². The first kappa shape index (κ1) is 22.2. The fourth-order valence-corrected chi connectivity index (χ4v) is 3.66. The number of hydrogen-bond donors (Lipinski definition) is 1. The number of hydrogen-bond acceptors (Lipinski definition) is 5. The zero-order valence-electron chi connectivity index (χ0n) is 18.1. The lowest BCUT2D eigenvalue weighted by Gasteiger charge is -2.27. The van der Waals surface area contributed by atoms with Crippen molar-refractivity contribution in [1.82, 2.24) is 4.90 Å². The van der Waals surface area contributed by atoms with E-state index in [1.165, 1.54) is 6.08 Å². The van der Waals surface area contributed by atoms with Crippen molar-refractivity contribution in [2.24, 2.45) is 0 Å². The molecular weight excluding hydrogens is 396 g/mol. The summed E-state index contributed by atoms with van der Waals surface area (Å²) in [5, 5.41) is 2.96. The number of carbonyl (C=O) groups excluding carboxylic acids is 2. The lowest BCUT2D eigenvalue weighted by atomic mass is 10.0. The highest BCUT2D eigenvalue weighted by Gasteiger charge is 2.32. The van der Waals surface area contributed by atoms with Gasteiger partial charge in [0.1, 0.15) is 11.5 Å². The Morgan fingerprint density at radius 1 is 1.13 bits per heavy atom. The molecule has 1 heterocycles. The molecule has 0 spiro atoms. The molecule has 31 heavy (non-hydrogen) atoms. The second-order valence-corrected chi connectivity index (χ2v) is 7.10. The standard InChI is InChI=1S/C24H28N2O5/c1-4-31-23(27)14-9-17-7-10-18(11-8-17)25-24(28)26-15-5-6-21(26)20-16-19(29-2)12-13-22(20)30-3/h7-14,16,21H,4-6,15H2,1-3H3,(H,25,28). The third-order valence-corrected chi connectivity index (χ3v) is 5.17. The van der Waals surface area contributed by atoms with Gasteiger partial charge in [-0.05, 0) is 61.7 Å². The molecule has 1 fully saturated rings. The minimum Gasteiger partial charge on any atom is -0.497 e. The SMILES string of the molecule is CCOC(=O)C=Cc1ccc(NC(=O)N2CCCC2c2cc(OC)ccc2OC)cc1. The highest BCUT2D eigenvalue weighted by atomic mass is 16.5. The van der Waals surface area contributed by atoms with Crippen LogP contribution in [0.1, 0.15) is 36.9 Å². The number of nitrogens with zero attached hydrogens (tertiary/aromatic N) is 1. The van der Waals surface area contributed by atoms with Crippen molar-refractivity contribution in [1.29, 1.82) is 0 Å². The summed E-state index contributed by atoms with van der Waals surface area (Å²) in [4.78, 5) is 26.2. The van der Waals surface area contributed by atoms with Gasteiger partial charge in [0.25, 0.3) is 0 Å². The first-order chi connectivity index (χ1) is 15.0. The molecule has 0 aromatic heterocycles. The first-order valence-corrected chi connectivity index (χ1v) is 10.3. The number of methoxy groups -OCH3 is 2. The van der Waals surface area contributed by atoms with Crippen LogP contribution in [-0.2, 0) is 9.53 Å². The van der Waals surface area contributed by atoms with Crippen molar-refractivity contribution >= 4 is 23.8 Å². The molecule has 2 aromatic carbocycles. The Balaban J connectivity index is 1.69. The fourth-order valence-electron chi connectivity index (χ4n) is 3.66. The van der Waals surface area contributed by atoms with Crippen LogP contribution >= 0.6 is 0 Å². The Labute approximate surface area is 182 Å². The molecule has 0 saturated carbocycles. The molecule has 2 aromatic rings. The molecule has 7 heteroatoms. The van der Waals surface area contributed by atoms with Gasteiger partial charge in [-0.3, -0.25) is 0 Å². The maximum absolute atomic E-state index is 13.0. The van der Waals surface area contributed by atoms with Crippen LogP contribution < -0.4 is 14.8 Å². The van der Waals surface area contributed by atoms with Crippen LogP contribution in [0.5, 0.6) is 11.5 Å². The Morgan fingerprint density at radius 2 is 1.90 bits per heavy atom. The molecule has 1 N–H and O–H groups in total. The molecule has 7 nitrogen and oxygen atoms in total. The van der Waals surface area contributed by atoms with Crippen molar-refractivity contribution in [3.05, 3.63) is 59.7 Å². The number of benzene rings is 2. The molecule has 0 bridgehead atoms. The lowest BCUT2D eigenvalue weighted by Crippen LogP contribution is -2.34. The second-order valence-electron chi connectivity index (χ2n) is 7.10. The van der Waals surface area contributed by atoms with E-state index in [1.54, 1.807) is 39.4 Å².